The standard InChI is InChI=1S/C37H45N/c1-25(2)32(31-18-9-12-21-36(31)38-6)24-35-28(5)30-17-8-11-20-34(30)37(35,33-19-10-7-15-27(33)4)29-16-13-14-26(3)22-23-29/h7-10,12-19,21,24-28,33H,11,20,22-23H2,1-6H3/b32-31-,35-24+,38-36?/t26-,27-,28?,33?,37?/m0/s1. The molecule has 0 amide bonds. The molecule has 5 aliphatic carbocycles. The molecule has 3 unspecified atom stereocenters. The van der Waals surface area contributed by atoms with Gasteiger partial charge in [0.05, 0.1) is 5.71 Å². The van der Waals surface area contributed by atoms with E-state index in [1.807, 2.05) is 7.05 Å². The second kappa shape index (κ2) is 11.0. The van der Waals surface area contributed by atoms with Gasteiger partial charge in [0.2, 0.25) is 0 Å². The highest BCUT2D eigenvalue weighted by Crippen LogP contribution is 2.64. The average Bonchev–Trinajstić information content (AvgIpc) is 3.03. The maximum absolute atomic E-state index is 4.68. The van der Waals surface area contributed by atoms with Crippen molar-refractivity contribution in [3.63, 3.8) is 0 Å². The lowest BCUT2D eigenvalue weighted by atomic mass is 9.56. The summed E-state index contributed by atoms with van der Waals surface area (Å²) in [6.07, 6.45) is 37.6. The molecular formula is C37H45N. The third-order valence-corrected chi connectivity index (χ3v) is 9.48. The van der Waals surface area contributed by atoms with Crippen LogP contribution in [0.1, 0.15) is 60.3 Å². The normalized spacial score (nSPS) is 35.9. The Bertz CT molecular complexity index is 1290. The van der Waals surface area contributed by atoms with Gasteiger partial charge in [-0.15, -0.1) is 0 Å². The lowest BCUT2D eigenvalue weighted by Crippen LogP contribution is -2.38. The summed E-state index contributed by atoms with van der Waals surface area (Å²) in [6.45, 7) is 11.9. The SMILES string of the molecule is CN=C1C=CC=C/C1=C(\C=C1/C(C)C2=C(CCC=C2)C1(C1=CC=C[C@H](C)CC1)C1C=CC=C[C@@H]1C)C(C)C. The number of aliphatic imine (C=N–C) groups is 1. The first-order valence-electron chi connectivity index (χ1n) is 14.8. The quantitative estimate of drug-likeness (QED) is 0.362. The van der Waals surface area contributed by atoms with E-state index in [0.717, 1.165) is 25.0 Å². The molecule has 198 valence electrons. The van der Waals surface area contributed by atoms with Crippen LogP contribution in [0.3, 0.4) is 0 Å². The molecule has 0 aliphatic heterocycles. The van der Waals surface area contributed by atoms with Gasteiger partial charge in [0.25, 0.3) is 0 Å². The highest BCUT2D eigenvalue weighted by atomic mass is 14.7. The minimum Gasteiger partial charge on any atom is -0.288 e. The summed E-state index contributed by atoms with van der Waals surface area (Å²) >= 11 is 0. The van der Waals surface area contributed by atoms with Crippen molar-refractivity contribution < 1.29 is 0 Å². The molecule has 5 atom stereocenters. The Balaban J connectivity index is 1.83. The topological polar surface area (TPSA) is 12.4 Å². The molecule has 1 nitrogen and oxygen atoms in total. The molecule has 0 saturated heterocycles. The zero-order valence-electron chi connectivity index (χ0n) is 24.2. The van der Waals surface area contributed by atoms with Gasteiger partial charge in [0.15, 0.2) is 0 Å². The third kappa shape index (κ3) is 4.49. The van der Waals surface area contributed by atoms with Crippen molar-refractivity contribution in [3.8, 4) is 0 Å². The van der Waals surface area contributed by atoms with E-state index >= 15 is 0 Å². The molecule has 5 rings (SSSR count). The fourth-order valence-corrected chi connectivity index (χ4v) is 7.57. The Morgan fingerprint density at radius 3 is 2.50 bits per heavy atom. The van der Waals surface area contributed by atoms with Crippen LogP contribution < -0.4 is 0 Å². The van der Waals surface area contributed by atoms with Crippen molar-refractivity contribution in [1.29, 1.82) is 0 Å². The predicted octanol–water partition coefficient (Wildman–Crippen LogP) is 9.64. The van der Waals surface area contributed by atoms with Crippen molar-refractivity contribution in [3.05, 3.63) is 119 Å². The van der Waals surface area contributed by atoms with Gasteiger partial charge in [-0.05, 0) is 66.2 Å². The first-order chi connectivity index (χ1) is 18.4. The number of allylic oxidation sites excluding steroid dienone is 20. The van der Waals surface area contributed by atoms with Crippen molar-refractivity contribution in [2.45, 2.75) is 60.3 Å². The van der Waals surface area contributed by atoms with Crippen LogP contribution in [0, 0.1) is 35.0 Å². The molecule has 0 fully saturated rings. The second-order valence-corrected chi connectivity index (χ2v) is 12.1. The van der Waals surface area contributed by atoms with E-state index < -0.39 is 0 Å². The van der Waals surface area contributed by atoms with Gasteiger partial charge in [-0.2, -0.15) is 0 Å². The third-order valence-electron chi connectivity index (χ3n) is 9.48. The first-order valence-corrected chi connectivity index (χ1v) is 14.8. The van der Waals surface area contributed by atoms with Crippen molar-refractivity contribution in [2.24, 2.45) is 40.0 Å². The lowest BCUT2D eigenvalue weighted by molar-refractivity contribution is 0.294. The first kappa shape index (κ1) is 26.7. The highest BCUT2D eigenvalue weighted by molar-refractivity contribution is 6.12. The zero-order valence-corrected chi connectivity index (χ0v) is 24.2. The number of hydrogen-bond donors (Lipinski definition) is 0. The van der Waals surface area contributed by atoms with Crippen LogP contribution >= 0.6 is 0 Å². The zero-order chi connectivity index (χ0) is 26.9. The summed E-state index contributed by atoms with van der Waals surface area (Å²) in [6, 6.07) is 0. The van der Waals surface area contributed by atoms with Crippen molar-refractivity contribution in [2.75, 3.05) is 7.05 Å². The summed E-state index contributed by atoms with van der Waals surface area (Å²) in [5.74, 6) is 2.28. The molecule has 0 spiro atoms. The van der Waals surface area contributed by atoms with Gasteiger partial charge < -0.3 is 0 Å². The molecule has 38 heavy (non-hydrogen) atoms. The van der Waals surface area contributed by atoms with Crippen LogP contribution in [-0.4, -0.2) is 12.8 Å². The van der Waals surface area contributed by atoms with Crippen LogP contribution in [0.25, 0.3) is 0 Å². The van der Waals surface area contributed by atoms with Gasteiger partial charge in [-0.1, -0.05) is 125 Å². The largest absolute Gasteiger partial charge is 0.288 e. The fraction of sp³-hybridized carbons (Fsp3) is 0.432. The maximum Gasteiger partial charge on any atom is 0.0646 e. The summed E-state index contributed by atoms with van der Waals surface area (Å²) in [5.41, 5.74) is 10.1. The Kier molecular flexibility index (Phi) is 7.75. The van der Waals surface area contributed by atoms with E-state index in [2.05, 4.69) is 125 Å². The van der Waals surface area contributed by atoms with Gasteiger partial charge in [0.1, 0.15) is 0 Å². The van der Waals surface area contributed by atoms with Crippen molar-refractivity contribution >= 4 is 5.71 Å². The van der Waals surface area contributed by atoms with E-state index in [4.69, 9.17) is 0 Å². The minimum absolute atomic E-state index is 0.0903. The molecule has 0 aromatic heterocycles. The smallest absolute Gasteiger partial charge is 0.0646 e. The van der Waals surface area contributed by atoms with E-state index in [1.54, 1.807) is 22.3 Å². The highest BCUT2D eigenvalue weighted by Gasteiger charge is 2.54. The van der Waals surface area contributed by atoms with E-state index in [0.29, 0.717) is 29.6 Å². The number of rotatable bonds is 4. The Hall–Kier alpha value is -2.93. The molecule has 0 radical (unpaired) electrons. The summed E-state index contributed by atoms with van der Waals surface area (Å²) in [5, 5.41) is 0. The Labute approximate surface area is 231 Å². The molecule has 0 aromatic carbocycles. The molecule has 0 bridgehead atoms. The van der Waals surface area contributed by atoms with Crippen LogP contribution in [0.15, 0.2) is 123 Å². The minimum atomic E-state index is -0.0903. The fourth-order valence-electron chi connectivity index (χ4n) is 7.57. The number of nitrogens with zero attached hydrogens (tertiary/aromatic N) is 1. The summed E-state index contributed by atoms with van der Waals surface area (Å²) in [4.78, 5) is 4.68. The van der Waals surface area contributed by atoms with Crippen LogP contribution in [-0.2, 0) is 0 Å². The van der Waals surface area contributed by atoms with Gasteiger partial charge in [-0.3, -0.25) is 4.99 Å². The van der Waals surface area contributed by atoms with Gasteiger partial charge in [0, 0.05) is 29.9 Å². The van der Waals surface area contributed by atoms with Crippen LogP contribution in [0.5, 0.6) is 0 Å². The average molecular weight is 504 g/mol. The second-order valence-electron chi connectivity index (χ2n) is 12.1. The molecule has 5 aliphatic rings. The van der Waals surface area contributed by atoms with Gasteiger partial charge in [-0.25, -0.2) is 0 Å². The lowest BCUT2D eigenvalue weighted by Gasteiger charge is -2.47. The van der Waals surface area contributed by atoms with E-state index in [-0.39, 0.29) is 5.41 Å². The molecule has 0 aromatic rings. The molecule has 0 N–H and O–H groups in total. The van der Waals surface area contributed by atoms with E-state index in [1.165, 1.54) is 17.6 Å². The molecule has 0 heterocycles. The van der Waals surface area contributed by atoms with E-state index in [9.17, 15) is 0 Å². The molecule has 1 heteroatoms. The van der Waals surface area contributed by atoms with Crippen LogP contribution in [0.2, 0.25) is 0 Å². The number of hydrogen-bond acceptors (Lipinski definition) is 1. The molecule has 0 saturated carbocycles. The summed E-state index contributed by atoms with van der Waals surface area (Å²) < 4.78 is 0. The summed E-state index contributed by atoms with van der Waals surface area (Å²) in [7, 11) is 1.92. The molecular weight excluding hydrogens is 458 g/mol. The monoisotopic (exact) mass is 503 g/mol. The van der Waals surface area contributed by atoms with Gasteiger partial charge >= 0.3 is 0 Å². The predicted molar refractivity (Wildman–Crippen MR) is 165 cm³/mol. The maximum atomic E-state index is 4.68. The Morgan fingerprint density at radius 2 is 1.74 bits per heavy atom. The van der Waals surface area contributed by atoms with Crippen molar-refractivity contribution in [1.82, 2.24) is 0 Å². The van der Waals surface area contributed by atoms with Crippen LogP contribution in [0.4, 0.5) is 0 Å². The Morgan fingerprint density at radius 1 is 0.947 bits per heavy atom.